The molecule has 39 heavy (non-hydrogen) atoms. The van der Waals surface area contributed by atoms with Gasteiger partial charge in [0.15, 0.2) is 11.5 Å². The van der Waals surface area contributed by atoms with Crippen molar-refractivity contribution in [3.63, 3.8) is 0 Å². The zero-order valence-corrected chi connectivity index (χ0v) is 24.5. The fraction of sp³-hybridized carbons (Fsp3) is 0.581. The first kappa shape index (κ1) is 31.2. The smallest absolute Gasteiger partial charge is 0.247 e. The number of aliphatic hydroxyl groups is 1. The van der Waals surface area contributed by atoms with E-state index < -0.39 is 17.6 Å². The minimum atomic E-state index is -0.934. The van der Waals surface area contributed by atoms with E-state index in [1.54, 1.807) is 14.2 Å². The fourth-order valence-corrected chi connectivity index (χ4v) is 5.58. The minimum Gasteiger partial charge on any atom is -0.493 e. The molecule has 0 aromatic heterocycles. The number of hydrogen-bond donors (Lipinski definition) is 2. The number of hydrogen-bond acceptors (Lipinski definition) is 6. The van der Waals surface area contributed by atoms with Crippen LogP contribution in [0.5, 0.6) is 11.5 Å². The van der Waals surface area contributed by atoms with Gasteiger partial charge in [-0.15, -0.1) is 0 Å². The van der Waals surface area contributed by atoms with Gasteiger partial charge in [-0.2, -0.15) is 0 Å². The van der Waals surface area contributed by atoms with E-state index in [9.17, 15) is 9.90 Å². The minimum absolute atomic E-state index is 0.0110. The van der Waals surface area contributed by atoms with E-state index in [1.165, 1.54) is 0 Å². The quantitative estimate of drug-likeness (QED) is 0.219. The molecule has 8 heteroatoms. The molecular weight excluding hydrogens is 516 g/mol. The summed E-state index contributed by atoms with van der Waals surface area (Å²) < 4.78 is 17.7. The Labute approximate surface area is 238 Å². The number of carbonyl (C=O) groups excluding carboxylic acids is 1. The maximum absolute atomic E-state index is 13.4. The number of halogens is 1. The molecule has 0 radical (unpaired) electrons. The summed E-state index contributed by atoms with van der Waals surface area (Å²) in [7, 11) is 3.30. The lowest BCUT2D eigenvalue weighted by atomic mass is 9.64. The summed E-state index contributed by atoms with van der Waals surface area (Å²) in [5.41, 5.74) is 7.98. The normalized spacial score (nSPS) is 16.7. The van der Waals surface area contributed by atoms with Crippen molar-refractivity contribution in [1.82, 2.24) is 4.42 Å². The van der Waals surface area contributed by atoms with Gasteiger partial charge in [-0.05, 0) is 60.8 Å². The van der Waals surface area contributed by atoms with Crippen LogP contribution >= 0.6 is 11.8 Å². The zero-order valence-electron chi connectivity index (χ0n) is 23.8. The van der Waals surface area contributed by atoms with Crippen molar-refractivity contribution < 1.29 is 24.1 Å². The maximum atomic E-state index is 13.4. The lowest BCUT2D eigenvalue weighted by Gasteiger charge is -2.42. The van der Waals surface area contributed by atoms with Crippen LogP contribution in [0.4, 0.5) is 0 Å². The molecule has 1 saturated carbocycles. The highest BCUT2D eigenvalue weighted by molar-refractivity contribution is 6.22. The van der Waals surface area contributed by atoms with E-state index in [0.29, 0.717) is 37.1 Å². The summed E-state index contributed by atoms with van der Waals surface area (Å²) in [6.07, 6.45) is 3.73. The van der Waals surface area contributed by atoms with Crippen LogP contribution in [0, 0.1) is 11.8 Å². The number of rotatable bonds is 16. The van der Waals surface area contributed by atoms with Gasteiger partial charge in [0.25, 0.3) is 0 Å². The molecule has 1 aliphatic carbocycles. The third-order valence-electron chi connectivity index (χ3n) is 8.00. The van der Waals surface area contributed by atoms with E-state index in [4.69, 9.17) is 31.7 Å². The van der Waals surface area contributed by atoms with Crippen molar-refractivity contribution in [3.8, 4) is 11.5 Å². The molecule has 0 spiro atoms. The standard InChI is InChI=1S/C31H45ClN2O5/c1-22(2)24(18-23-12-13-28(38-4)29(19-23)39-17-9-16-37-3)20-26(33)27(35)21-34(32)30(36)31(14-8-15-31)25-10-6-5-7-11-25/h5-7,10-13,19,22,24,26-27,35H,8-9,14-18,20-21,33H2,1-4H3/t24-,26-,27-/m0/s1. The SMILES string of the molecule is COCCCOc1cc(C[C@@H](C[C@H](N)[C@@H](O)CN(Cl)C(=O)C2(c3ccccc3)CCC2)C(C)C)ccc1OC. The molecule has 1 fully saturated rings. The van der Waals surface area contributed by atoms with Crippen LogP contribution < -0.4 is 15.2 Å². The summed E-state index contributed by atoms with van der Waals surface area (Å²) in [6, 6.07) is 15.2. The van der Waals surface area contributed by atoms with Crippen molar-refractivity contribution in [1.29, 1.82) is 0 Å². The van der Waals surface area contributed by atoms with Gasteiger partial charge >= 0.3 is 0 Å². The van der Waals surface area contributed by atoms with Crippen LogP contribution in [0.15, 0.2) is 48.5 Å². The molecule has 0 unspecified atom stereocenters. The molecule has 1 amide bonds. The molecule has 0 heterocycles. The second kappa shape index (κ2) is 14.9. The van der Waals surface area contributed by atoms with E-state index in [0.717, 1.165) is 47.6 Å². The van der Waals surface area contributed by atoms with Gasteiger partial charge in [0.2, 0.25) is 5.91 Å². The third-order valence-corrected chi connectivity index (χ3v) is 8.29. The van der Waals surface area contributed by atoms with E-state index in [2.05, 4.69) is 13.8 Å². The third kappa shape index (κ3) is 8.10. The van der Waals surface area contributed by atoms with Gasteiger partial charge in [0, 0.05) is 38.0 Å². The van der Waals surface area contributed by atoms with Gasteiger partial charge in [-0.3, -0.25) is 9.21 Å². The Morgan fingerprint density at radius 3 is 2.41 bits per heavy atom. The van der Waals surface area contributed by atoms with Gasteiger partial charge < -0.3 is 25.1 Å². The summed E-state index contributed by atoms with van der Waals surface area (Å²) in [6.45, 7) is 5.48. The van der Waals surface area contributed by atoms with Crippen LogP contribution in [0.25, 0.3) is 0 Å². The molecule has 216 valence electrons. The Morgan fingerprint density at radius 1 is 1.10 bits per heavy atom. The number of ether oxygens (including phenoxy) is 3. The van der Waals surface area contributed by atoms with Crippen molar-refractivity contribution in [2.75, 3.05) is 34.0 Å². The summed E-state index contributed by atoms with van der Waals surface area (Å²) in [4.78, 5) is 13.4. The summed E-state index contributed by atoms with van der Waals surface area (Å²) in [5.74, 6) is 1.78. The maximum Gasteiger partial charge on any atom is 0.247 e. The Morgan fingerprint density at radius 2 is 1.82 bits per heavy atom. The molecule has 1 aliphatic rings. The average molecular weight is 561 g/mol. The molecule has 3 N–H and O–H groups in total. The van der Waals surface area contributed by atoms with Crippen LogP contribution in [0.2, 0.25) is 0 Å². The van der Waals surface area contributed by atoms with Gasteiger partial charge in [-0.1, -0.05) is 56.7 Å². The fourth-order valence-electron chi connectivity index (χ4n) is 5.28. The lowest BCUT2D eigenvalue weighted by Crippen LogP contribution is -2.51. The van der Waals surface area contributed by atoms with Crippen molar-refractivity contribution in [2.45, 2.75) is 69.9 Å². The zero-order chi connectivity index (χ0) is 28.4. The van der Waals surface area contributed by atoms with Gasteiger partial charge in [-0.25, -0.2) is 0 Å². The molecule has 0 saturated heterocycles. The monoisotopic (exact) mass is 560 g/mol. The molecule has 0 bridgehead atoms. The number of aliphatic hydroxyl groups excluding tert-OH is 1. The highest BCUT2D eigenvalue weighted by Gasteiger charge is 2.48. The first-order valence-electron chi connectivity index (χ1n) is 14.0. The second-order valence-corrected chi connectivity index (χ2v) is 11.4. The van der Waals surface area contributed by atoms with Crippen LogP contribution in [-0.4, -0.2) is 61.6 Å². The topological polar surface area (TPSA) is 94.3 Å². The molecule has 3 atom stereocenters. The van der Waals surface area contributed by atoms with Crippen molar-refractivity contribution in [3.05, 3.63) is 59.7 Å². The Hall–Kier alpha value is -2.32. The number of methoxy groups -OCH3 is 2. The van der Waals surface area contributed by atoms with E-state index in [1.807, 2.05) is 48.5 Å². The Bertz CT molecular complexity index is 1030. The predicted molar refractivity (Wildman–Crippen MR) is 155 cm³/mol. The average Bonchev–Trinajstić information content (AvgIpc) is 2.90. The number of benzene rings is 2. The Balaban J connectivity index is 1.61. The van der Waals surface area contributed by atoms with Crippen LogP contribution in [-0.2, 0) is 21.4 Å². The van der Waals surface area contributed by atoms with E-state index >= 15 is 0 Å². The Kier molecular flexibility index (Phi) is 11.9. The molecule has 7 nitrogen and oxygen atoms in total. The number of carbonyl (C=O) groups is 1. The molecule has 2 aromatic rings. The van der Waals surface area contributed by atoms with Crippen LogP contribution in [0.1, 0.15) is 57.1 Å². The first-order chi connectivity index (χ1) is 18.7. The molecule has 0 aliphatic heterocycles. The molecule has 3 rings (SSSR count). The van der Waals surface area contributed by atoms with Gasteiger partial charge in [0.1, 0.15) is 0 Å². The molecular formula is C31H45ClN2O5. The number of amides is 1. The van der Waals surface area contributed by atoms with Crippen molar-refractivity contribution >= 4 is 17.7 Å². The largest absolute Gasteiger partial charge is 0.493 e. The summed E-state index contributed by atoms with van der Waals surface area (Å²) >= 11 is 6.49. The second-order valence-electron chi connectivity index (χ2n) is 11.0. The van der Waals surface area contributed by atoms with Gasteiger partial charge in [0.05, 0.1) is 31.8 Å². The predicted octanol–water partition coefficient (Wildman–Crippen LogP) is 5.11. The van der Waals surface area contributed by atoms with Crippen molar-refractivity contribution in [2.24, 2.45) is 17.6 Å². The van der Waals surface area contributed by atoms with E-state index in [-0.39, 0.29) is 18.4 Å². The molecule has 2 aromatic carbocycles. The number of nitrogens with two attached hydrogens (primary N) is 1. The number of nitrogens with zero attached hydrogens (tertiary/aromatic N) is 1. The highest BCUT2D eigenvalue weighted by atomic mass is 35.5. The summed E-state index contributed by atoms with van der Waals surface area (Å²) in [5, 5.41) is 11.0. The van der Waals surface area contributed by atoms with Crippen LogP contribution in [0.3, 0.4) is 0 Å². The lowest BCUT2D eigenvalue weighted by molar-refractivity contribution is -0.137. The first-order valence-corrected chi connectivity index (χ1v) is 14.3. The highest BCUT2D eigenvalue weighted by Crippen LogP contribution is 2.45.